The molecule has 0 bridgehead atoms. The summed E-state index contributed by atoms with van der Waals surface area (Å²) in [6.45, 7) is 8.12. The number of hydrogen-bond acceptors (Lipinski definition) is 6. The number of anilines is 1. The maximum absolute atomic E-state index is 12.1. The van der Waals surface area contributed by atoms with E-state index in [0.717, 1.165) is 22.1 Å². The highest BCUT2D eigenvalue weighted by molar-refractivity contribution is 7.19. The first-order valence-corrected chi connectivity index (χ1v) is 8.27. The van der Waals surface area contributed by atoms with Crippen molar-refractivity contribution < 1.29 is 4.79 Å². The van der Waals surface area contributed by atoms with Crippen LogP contribution in [0.25, 0.3) is 10.6 Å². The van der Waals surface area contributed by atoms with Gasteiger partial charge in [-0.25, -0.2) is 24.7 Å². The lowest BCUT2D eigenvalue weighted by molar-refractivity contribution is 0.253. The van der Waals surface area contributed by atoms with Crippen LogP contribution in [0.4, 0.5) is 9.93 Å². The van der Waals surface area contributed by atoms with Crippen LogP contribution in [0.3, 0.4) is 0 Å². The van der Waals surface area contributed by atoms with Crippen LogP contribution in [0.1, 0.15) is 32.3 Å². The van der Waals surface area contributed by atoms with Gasteiger partial charge in [0, 0.05) is 24.0 Å². The van der Waals surface area contributed by atoms with E-state index in [4.69, 9.17) is 0 Å². The normalized spacial score (nSPS) is 11.5. The molecule has 0 unspecified atom stereocenters. The van der Waals surface area contributed by atoms with Gasteiger partial charge < -0.3 is 0 Å². The molecule has 0 aromatic carbocycles. The Morgan fingerprint density at radius 3 is 2.71 bits per heavy atom. The van der Waals surface area contributed by atoms with Crippen LogP contribution in [0.5, 0.6) is 0 Å². The molecule has 0 aliphatic carbocycles. The minimum atomic E-state index is -0.300. The third-order valence-corrected chi connectivity index (χ3v) is 4.40. The van der Waals surface area contributed by atoms with Crippen molar-refractivity contribution in [1.82, 2.24) is 24.5 Å². The minimum Gasteiger partial charge on any atom is -0.283 e. The summed E-state index contributed by atoms with van der Waals surface area (Å²) in [5.74, 6) is 0.775. The second kappa shape index (κ2) is 6.12. The SMILES string of the molecule is Cc1nc(NC(=O)n2ccnc2)sc1-c1ccnc(C(C)(C)C)n1. The number of nitrogens with zero attached hydrogens (tertiary/aromatic N) is 5. The molecule has 0 atom stereocenters. The summed E-state index contributed by atoms with van der Waals surface area (Å²) < 4.78 is 1.36. The predicted octanol–water partition coefficient (Wildman–Crippen LogP) is 3.48. The Morgan fingerprint density at radius 1 is 1.25 bits per heavy atom. The van der Waals surface area contributed by atoms with Gasteiger partial charge in [-0.15, -0.1) is 0 Å². The highest BCUT2D eigenvalue weighted by Crippen LogP contribution is 2.32. The maximum Gasteiger partial charge on any atom is 0.333 e. The fraction of sp³-hybridized carbons (Fsp3) is 0.312. The molecule has 124 valence electrons. The van der Waals surface area contributed by atoms with Gasteiger partial charge in [-0.1, -0.05) is 32.1 Å². The van der Waals surface area contributed by atoms with Crippen LogP contribution in [-0.2, 0) is 5.41 Å². The molecule has 24 heavy (non-hydrogen) atoms. The largest absolute Gasteiger partial charge is 0.333 e. The van der Waals surface area contributed by atoms with Crippen molar-refractivity contribution in [3.05, 3.63) is 42.5 Å². The maximum atomic E-state index is 12.1. The topological polar surface area (TPSA) is 85.6 Å². The number of hydrogen-bond donors (Lipinski definition) is 1. The first-order valence-electron chi connectivity index (χ1n) is 7.45. The fourth-order valence-corrected chi connectivity index (χ4v) is 3.00. The molecule has 3 heterocycles. The fourth-order valence-electron chi connectivity index (χ4n) is 2.07. The minimum absolute atomic E-state index is 0.132. The van der Waals surface area contributed by atoms with E-state index in [1.54, 1.807) is 18.6 Å². The molecule has 3 rings (SSSR count). The van der Waals surface area contributed by atoms with Crippen molar-refractivity contribution in [3.63, 3.8) is 0 Å². The summed E-state index contributed by atoms with van der Waals surface area (Å²) in [7, 11) is 0. The number of rotatable bonds is 2. The number of carbonyl (C=O) groups excluding carboxylic acids is 1. The summed E-state index contributed by atoms with van der Waals surface area (Å²) in [4.78, 5) is 30.3. The zero-order valence-corrected chi connectivity index (χ0v) is 14.8. The van der Waals surface area contributed by atoms with Crippen molar-refractivity contribution in [2.75, 3.05) is 5.32 Å². The Hall–Kier alpha value is -2.61. The molecule has 7 nitrogen and oxygen atoms in total. The third kappa shape index (κ3) is 3.33. The zero-order valence-electron chi connectivity index (χ0n) is 13.9. The smallest absolute Gasteiger partial charge is 0.283 e. The molecule has 8 heteroatoms. The zero-order chi connectivity index (χ0) is 17.3. The summed E-state index contributed by atoms with van der Waals surface area (Å²) in [5, 5.41) is 3.29. The average molecular weight is 342 g/mol. The van der Waals surface area contributed by atoms with Crippen LogP contribution in [-0.4, -0.2) is 30.5 Å². The highest BCUT2D eigenvalue weighted by atomic mass is 32.1. The Morgan fingerprint density at radius 2 is 2.04 bits per heavy atom. The summed E-state index contributed by atoms with van der Waals surface area (Å²) in [5.41, 5.74) is 1.50. The van der Waals surface area contributed by atoms with Crippen LogP contribution in [0, 0.1) is 6.92 Å². The van der Waals surface area contributed by atoms with Gasteiger partial charge in [0.1, 0.15) is 12.2 Å². The van der Waals surface area contributed by atoms with Crippen molar-refractivity contribution >= 4 is 22.5 Å². The summed E-state index contributed by atoms with van der Waals surface area (Å²) in [6.07, 6.45) is 6.33. The molecule has 3 aromatic rings. The Bertz CT molecular complexity index is 863. The molecule has 0 saturated heterocycles. The van der Waals surface area contributed by atoms with Gasteiger partial charge in [0.25, 0.3) is 0 Å². The van der Waals surface area contributed by atoms with E-state index >= 15 is 0 Å². The summed E-state index contributed by atoms with van der Waals surface area (Å²) in [6, 6.07) is 1.56. The van der Waals surface area contributed by atoms with Gasteiger partial charge in [0.15, 0.2) is 5.13 Å². The molecule has 0 radical (unpaired) electrons. The quantitative estimate of drug-likeness (QED) is 0.770. The van der Waals surface area contributed by atoms with E-state index in [2.05, 4.69) is 46.0 Å². The Balaban J connectivity index is 1.88. The molecule has 3 aromatic heterocycles. The number of nitrogens with one attached hydrogen (secondary N) is 1. The van der Waals surface area contributed by atoms with Crippen molar-refractivity contribution in [2.24, 2.45) is 0 Å². The molecule has 0 saturated carbocycles. The number of aryl methyl sites for hydroxylation is 1. The van der Waals surface area contributed by atoms with E-state index in [9.17, 15) is 4.79 Å². The van der Waals surface area contributed by atoms with Crippen molar-refractivity contribution in [3.8, 4) is 10.6 Å². The molecule has 0 aliphatic rings. The molecule has 0 fully saturated rings. The number of thiazole rings is 1. The van der Waals surface area contributed by atoms with E-state index in [1.807, 2.05) is 13.0 Å². The molecule has 1 amide bonds. The highest BCUT2D eigenvalue weighted by Gasteiger charge is 2.19. The first-order chi connectivity index (χ1) is 11.3. The van der Waals surface area contributed by atoms with E-state index in [0.29, 0.717) is 5.13 Å². The number of aromatic nitrogens is 5. The standard InChI is InChI=1S/C16H18N6OS/c1-10-12(11-5-6-18-13(20-11)16(2,3)4)24-14(19-10)21-15(23)22-8-7-17-9-22/h5-9H,1-4H3,(H,19,21,23). The van der Waals surface area contributed by atoms with Gasteiger partial charge in [-0.2, -0.15) is 0 Å². The Kier molecular flexibility index (Phi) is 4.15. The van der Waals surface area contributed by atoms with Gasteiger partial charge in [-0.3, -0.25) is 9.88 Å². The molecule has 0 aliphatic heterocycles. The van der Waals surface area contributed by atoms with Gasteiger partial charge >= 0.3 is 6.03 Å². The second-order valence-electron chi connectivity index (χ2n) is 6.35. The second-order valence-corrected chi connectivity index (χ2v) is 7.35. The van der Waals surface area contributed by atoms with Gasteiger partial charge in [-0.05, 0) is 13.0 Å². The lowest BCUT2D eigenvalue weighted by Crippen LogP contribution is -2.17. The predicted molar refractivity (Wildman–Crippen MR) is 93.2 cm³/mol. The van der Waals surface area contributed by atoms with Crippen LogP contribution < -0.4 is 5.32 Å². The molecular formula is C16H18N6OS. The Labute approximate surface area is 143 Å². The number of carbonyl (C=O) groups is 1. The monoisotopic (exact) mass is 342 g/mol. The summed E-state index contributed by atoms with van der Waals surface area (Å²) >= 11 is 1.39. The van der Waals surface area contributed by atoms with Crippen LogP contribution >= 0.6 is 11.3 Å². The van der Waals surface area contributed by atoms with E-state index < -0.39 is 0 Å². The molecule has 0 spiro atoms. The van der Waals surface area contributed by atoms with Crippen LogP contribution in [0.15, 0.2) is 31.0 Å². The van der Waals surface area contributed by atoms with E-state index in [1.165, 1.54) is 22.2 Å². The molecular weight excluding hydrogens is 324 g/mol. The van der Waals surface area contributed by atoms with Gasteiger partial charge in [0.05, 0.1) is 16.3 Å². The van der Waals surface area contributed by atoms with Gasteiger partial charge in [0.2, 0.25) is 0 Å². The van der Waals surface area contributed by atoms with E-state index in [-0.39, 0.29) is 11.4 Å². The lowest BCUT2D eigenvalue weighted by Gasteiger charge is -2.16. The van der Waals surface area contributed by atoms with Crippen LogP contribution in [0.2, 0.25) is 0 Å². The average Bonchev–Trinajstić information content (AvgIpc) is 3.16. The lowest BCUT2D eigenvalue weighted by atomic mass is 9.95. The number of amides is 1. The third-order valence-electron chi connectivity index (χ3n) is 3.31. The van der Waals surface area contributed by atoms with Crippen molar-refractivity contribution in [2.45, 2.75) is 33.1 Å². The first kappa shape index (κ1) is 16.3. The number of imidazole rings is 1. The van der Waals surface area contributed by atoms with Crippen molar-refractivity contribution in [1.29, 1.82) is 0 Å². The molecule has 1 N–H and O–H groups in total.